The lowest BCUT2D eigenvalue weighted by Gasteiger charge is -2.16. The summed E-state index contributed by atoms with van der Waals surface area (Å²) in [6, 6.07) is 6.25. The molecule has 96 valence electrons. The van der Waals surface area contributed by atoms with Crippen LogP contribution in [0, 0.1) is 17.1 Å². The average molecular weight is 249 g/mol. The van der Waals surface area contributed by atoms with E-state index in [-0.39, 0.29) is 11.7 Å². The second kappa shape index (κ2) is 6.72. The quantitative estimate of drug-likeness (QED) is 0.854. The van der Waals surface area contributed by atoms with Crippen molar-refractivity contribution in [2.24, 2.45) is 0 Å². The summed E-state index contributed by atoms with van der Waals surface area (Å²) in [6.45, 7) is 0.911. The Morgan fingerprint density at radius 3 is 2.89 bits per heavy atom. The number of hydrogen-bond donors (Lipinski definition) is 1. The van der Waals surface area contributed by atoms with Gasteiger partial charge in [0.25, 0.3) is 0 Å². The van der Waals surface area contributed by atoms with Gasteiger partial charge in [0.05, 0.1) is 11.6 Å². The molecule has 0 aromatic heterocycles. The molecule has 0 spiro atoms. The van der Waals surface area contributed by atoms with Crippen molar-refractivity contribution < 1.29 is 9.18 Å². The van der Waals surface area contributed by atoms with Crippen molar-refractivity contribution in [3.63, 3.8) is 0 Å². The van der Waals surface area contributed by atoms with Crippen molar-refractivity contribution >= 4 is 5.91 Å². The van der Waals surface area contributed by atoms with E-state index >= 15 is 0 Å². The van der Waals surface area contributed by atoms with E-state index in [0.29, 0.717) is 30.6 Å². The van der Waals surface area contributed by atoms with Crippen LogP contribution in [0.1, 0.15) is 17.5 Å². The second-order valence-corrected chi connectivity index (χ2v) is 4.08. The molecule has 0 saturated heterocycles. The third kappa shape index (κ3) is 4.15. The Bertz CT molecular complexity index is 468. The lowest BCUT2D eigenvalue weighted by Crippen LogP contribution is -2.26. The molecule has 4 nitrogen and oxygen atoms in total. The fourth-order valence-corrected chi connectivity index (χ4v) is 1.55. The molecule has 0 aliphatic carbocycles. The fraction of sp³-hybridized carbons (Fsp3) is 0.385. The van der Waals surface area contributed by atoms with E-state index in [1.165, 1.54) is 18.2 Å². The number of nitrogens with zero attached hydrogens (tertiary/aromatic N) is 2. The van der Waals surface area contributed by atoms with Gasteiger partial charge in [-0.25, -0.2) is 4.39 Å². The predicted molar refractivity (Wildman–Crippen MR) is 66.1 cm³/mol. The predicted octanol–water partition coefficient (Wildman–Crippen LogP) is 1.27. The minimum atomic E-state index is -0.333. The van der Waals surface area contributed by atoms with Crippen molar-refractivity contribution in [3.8, 4) is 6.07 Å². The first-order valence-corrected chi connectivity index (χ1v) is 5.64. The highest BCUT2D eigenvalue weighted by Gasteiger charge is 2.08. The molecule has 1 rings (SSSR count). The Morgan fingerprint density at radius 1 is 1.56 bits per heavy atom. The molecule has 1 amide bonds. The van der Waals surface area contributed by atoms with E-state index in [9.17, 15) is 9.18 Å². The molecule has 0 atom stereocenters. The number of carbonyl (C=O) groups is 1. The highest BCUT2D eigenvalue weighted by atomic mass is 19.1. The SMILES string of the molecule is CNC(=O)CCN(C)Cc1cc(C#N)ccc1F. The third-order valence-electron chi connectivity index (χ3n) is 2.61. The summed E-state index contributed by atoms with van der Waals surface area (Å²) in [5, 5.41) is 11.3. The Morgan fingerprint density at radius 2 is 2.28 bits per heavy atom. The molecule has 1 N–H and O–H groups in total. The molecular formula is C13H16FN3O. The summed E-state index contributed by atoms with van der Waals surface area (Å²) in [5.41, 5.74) is 0.902. The van der Waals surface area contributed by atoms with Gasteiger partial charge >= 0.3 is 0 Å². The van der Waals surface area contributed by atoms with Gasteiger partial charge in [-0.1, -0.05) is 0 Å². The summed E-state index contributed by atoms with van der Waals surface area (Å²) in [5.74, 6) is -0.381. The molecule has 0 heterocycles. The first-order chi connectivity index (χ1) is 8.56. The van der Waals surface area contributed by atoms with Crippen molar-refractivity contribution in [1.29, 1.82) is 5.26 Å². The molecule has 0 radical (unpaired) electrons. The van der Waals surface area contributed by atoms with Gasteiger partial charge in [-0.3, -0.25) is 4.79 Å². The zero-order valence-corrected chi connectivity index (χ0v) is 10.5. The zero-order valence-electron chi connectivity index (χ0n) is 10.5. The molecule has 1 aromatic rings. The Hall–Kier alpha value is -1.93. The average Bonchev–Trinajstić information content (AvgIpc) is 2.38. The van der Waals surface area contributed by atoms with Crippen molar-refractivity contribution in [1.82, 2.24) is 10.2 Å². The van der Waals surface area contributed by atoms with Crippen molar-refractivity contribution in [3.05, 3.63) is 35.1 Å². The van der Waals surface area contributed by atoms with E-state index < -0.39 is 0 Å². The molecular weight excluding hydrogens is 233 g/mol. The molecule has 0 aliphatic heterocycles. The molecule has 0 unspecified atom stereocenters. The van der Waals surface area contributed by atoms with Gasteiger partial charge in [0.15, 0.2) is 0 Å². The second-order valence-electron chi connectivity index (χ2n) is 4.08. The largest absolute Gasteiger partial charge is 0.359 e. The number of halogens is 1. The highest BCUT2D eigenvalue weighted by molar-refractivity contribution is 5.75. The summed E-state index contributed by atoms with van der Waals surface area (Å²) in [7, 11) is 3.39. The number of hydrogen-bond acceptors (Lipinski definition) is 3. The van der Waals surface area contributed by atoms with E-state index in [0.717, 1.165) is 0 Å². The molecule has 0 aliphatic rings. The van der Waals surface area contributed by atoms with Gasteiger partial charge in [-0.15, -0.1) is 0 Å². The standard InChI is InChI=1S/C13H16FN3O/c1-16-13(18)5-6-17(2)9-11-7-10(8-15)3-4-12(11)14/h3-4,7H,5-6,9H2,1-2H3,(H,16,18). The van der Waals surface area contributed by atoms with Gasteiger partial charge < -0.3 is 10.2 Å². The van der Waals surface area contributed by atoms with Crippen LogP contribution in [0.2, 0.25) is 0 Å². The van der Waals surface area contributed by atoms with Crippen LogP contribution in [0.5, 0.6) is 0 Å². The van der Waals surface area contributed by atoms with Gasteiger partial charge in [0.2, 0.25) is 5.91 Å². The van der Waals surface area contributed by atoms with Gasteiger partial charge in [-0.05, 0) is 25.2 Å². The molecule has 5 heteroatoms. The first-order valence-electron chi connectivity index (χ1n) is 5.64. The van der Waals surface area contributed by atoms with Crippen LogP contribution in [-0.4, -0.2) is 31.4 Å². The minimum absolute atomic E-state index is 0.0481. The molecule has 18 heavy (non-hydrogen) atoms. The first kappa shape index (κ1) is 14.1. The minimum Gasteiger partial charge on any atom is -0.359 e. The topological polar surface area (TPSA) is 56.1 Å². The summed E-state index contributed by atoms with van der Waals surface area (Å²) >= 11 is 0. The molecule has 0 saturated carbocycles. The highest BCUT2D eigenvalue weighted by Crippen LogP contribution is 2.12. The molecule has 0 fully saturated rings. The van der Waals surface area contributed by atoms with Crippen molar-refractivity contribution in [2.75, 3.05) is 20.6 Å². The number of benzene rings is 1. The lowest BCUT2D eigenvalue weighted by atomic mass is 10.1. The van der Waals surface area contributed by atoms with Gasteiger partial charge in [0.1, 0.15) is 5.82 Å². The van der Waals surface area contributed by atoms with Crippen molar-refractivity contribution in [2.45, 2.75) is 13.0 Å². The Kier molecular flexibility index (Phi) is 5.28. The van der Waals surface area contributed by atoms with Crippen LogP contribution < -0.4 is 5.32 Å². The Labute approximate surface area is 106 Å². The zero-order chi connectivity index (χ0) is 13.5. The van der Waals surface area contributed by atoms with E-state index in [4.69, 9.17) is 5.26 Å². The normalized spacial score (nSPS) is 10.2. The lowest BCUT2D eigenvalue weighted by molar-refractivity contribution is -0.120. The van der Waals surface area contributed by atoms with E-state index in [2.05, 4.69) is 5.32 Å². The summed E-state index contributed by atoms with van der Waals surface area (Å²) in [4.78, 5) is 12.9. The maximum absolute atomic E-state index is 13.5. The number of carbonyl (C=O) groups excluding carboxylic acids is 1. The van der Waals surface area contributed by atoms with Crippen LogP contribution in [-0.2, 0) is 11.3 Å². The summed E-state index contributed by atoms with van der Waals surface area (Å²) < 4.78 is 13.5. The molecule has 0 bridgehead atoms. The number of nitrogens with one attached hydrogen (secondary N) is 1. The fourth-order valence-electron chi connectivity index (χ4n) is 1.55. The van der Waals surface area contributed by atoms with Gasteiger partial charge in [0, 0.05) is 32.1 Å². The monoisotopic (exact) mass is 249 g/mol. The van der Waals surface area contributed by atoms with E-state index in [1.54, 1.807) is 14.1 Å². The maximum atomic E-state index is 13.5. The maximum Gasteiger partial charge on any atom is 0.221 e. The smallest absolute Gasteiger partial charge is 0.221 e. The van der Waals surface area contributed by atoms with E-state index in [1.807, 2.05) is 11.0 Å². The van der Waals surface area contributed by atoms with Crippen LogP contribution in [0.25, 0.3) is 0 Å². The van der Waals surface area contributed by atoms with Crippen LogP contribution >= 0.6 is 0 Å². The van der Waals surface area contributed by atoms with Crippen LogP contribution in [0.15, 0.2) is 18.2 Å². The molecule has 1 aromatic carbocycles. The summed E-state index contributed by atoms with van der Waals surface area (Å²) in [6.07, 6.45) is 0.368. The number of rotatable bonds is 5. The Balaban J connectivity index is 2.61. The van der Waals surface area contributed by atoms with Crippen LogP contribution in [0.3, 0.4) is 0 Å². The number of amides is 1. The van der Waals surface area contributed by atoms with Crippen LogP contribution in [0.4, 0.5) is 4.39 Å². The third-order valence-corrected chi connectivity index (χ3v) is 2.61. The van der Waals surface area contributed by atoms with Gasteiger partial charge in [-0.2, -0.15) is 5.26 Å². The number of nitriles is 1.